The highest BCUT2D eigenvalue weighted by Crippen LogP contribution is 2.33. The van der Waals surface area contributed by atoms with E-state index in [-0.39, 0.29) is 0 Å². The Balaban J connectivity index is 1.76. The summed E-state index contributed by atoms with van der Waals surface area (Å²) in [6.07, 6.45) is 6.98. The van der Waals surface area contributed by atoms with Gasteiger partial charge in [-0.05, 0) is 25.0 Å². The molecular formula is C14H18N2O. The van der Waals surface area contributed by atoms with E-state index in [9.17, 15) is 4.79 Å². The summed E-state index contributed by atoms with van der Waals surface area (Å²) in [5, 5.41) is 0. The largest absolute Gasteiger partial charge is 0.300 e. The van der Waals surface area contributed by atoms with E-state index in [4.69, 9.17) is 0 Å². The summed E-state index contributed by atoms with van der Waals surface area (Å²) in [5.41, 5.74) is 1.12. The van der Waals surface area contributed by atoms with Gasteiger partial charge in [0.1, 0.15) is 5.78 Å². The molecule has 2 aliphatic rings. The van der Waals surface area contributed by atoms with Crippen LogP contribution in [0.1, 0.15) is 37.8 Å². The number of pyridine rings is 1. The van der Waals surface area contributed by atoms with Crippen molar-refractivity contribution >= 4 is 5.78 Å². The lowest BCUT2D eigenvalue weighted by atomic mass is 9.83. The number of ketones is 1. The Morgan fingerprint density at radius 3 is 2.65 bits per heavy atom. The molecule has 2 saturated heterocycles. The van der Waals surface area contributed by atoms with Gasteiger partial charge in [0.05, 0.1) is 5.69 Å². The van der Waals surface area contributed by atoms with Gasteiger partial charge in [0.25, 0.3) is 0 Å². The zero-order valence-electron chi connectivity index (χ0n) is 10.0. The van der Waals surface area contributed by atoms with Crippen molar-refractivity contribution in [2.45, 2.75) is 50.7 Å². The standard InChI is InChI=1S/C14H18N2O/c17-14-8-12-5-3-6-13(9-14)16(12)10-11-4-1-2-7-15-11/h1-2,4,7,12-13H,3,5-6,8-10H2. The number of fused-ring (bicyclic) bond motifs is 2. The average Bonchev–Trinajstić information content (AvgIpc) is 2.32. The first-order valence-electron chi connectivity index (χ1n) is 6.50. The first kappa shape index (κ1) is 10.9. The first-order valence-corrected chi connectivity index (χ1v) is 6.50. The highest BCUT2D eigenvalue weighted by atomic mass is 16.1. The van der Waals surface area contributed by atoms with E-state index in [1.807, 2.05) is 18.3 Å². The summed E-state index contributed by atoms with van der Waals surface area (Å²) in [6.45, 7) is 0.906. The highest BCUT2D eigenvalue weighted by molar-refractivity contribution is 5.80. The van der Waals surface area contributed by atoms with Crippen LogP contribution in [0.15, 0.2) is 24.4 Å². The van der Waals surface area contributed by atoms with Crippen LogP contribution in [0.4, 0.5) is 0 Å². The average molecular weight is 230 g/mol. The van der Waals surface area contributed by atoms with Crippen LogP contribution in [-0.4, -0.2) is 27.8 Å². The van der Waals surface area contributed by atoms with Gasteiger partial charge in [-0.2, -0.15) is 0 Å². The van der Waals surface area contributed by atoms with Crippen LogP contribution < -0.4 is 0 Å². The Morgan fingerprint density at radius 2 is 2.00 bits per heavy atom. The normalized spacial score (nSPS) is 29.3. The lowest BCUT2D eigenvalue weighted by Crippen LogP contribution is -2.51. The molecule has 2 fully saturated rings. The Labute approximate surface area is 102 Å². The molecule has 0 amide bonds. The van der Waals surface area contributed by atoms with Gasteiger partial charge in [-0.15, -0.1) is 0 Å². The van der Waals surface area contributed by atoms with Gasteiger partial charge in [0.15, 0.2) is 0 Å². The quantitative estimate of drug-likeness (QED) is 0.780. The predicted molar refractivity (Wildman–Crippen MR) is 65.4 cm³/mol. The summed E-state index contributed by atoms with van der Waals surface area (Å²) in [5.74, 6) is 0.456. The molecule has 3 heteroatoms. The summed E-state index contributed by atoms with van der Waals surface area (Å²) in [6, 6.07) is 7.00. The number of rotatable bonds is 2. The molecule has 17 heavy (non-hydrogen) atoms. The summed E-state index contributed by atoms with van der Waals surface area (Å²) in [4.78, 5) is 18.5. The lowest BCUT2D eigenvalue weighted by Gasteiger charge is -2.45. The van der Waals surface area contributed by atoms with Crippen molar-refractivity contribution in [3.8, 4) is 0 Å². The smallest absolute Gasteiger partial charge is 0.136 e. The topological polar surface area (TPSA) is 33.2 Å². The number of nitrogens with zero attached hydrogens (tertiary/aromatic N) is 2. The summed E-state index contributed by atoms with van der Waals surface area (Å²) >= 11 is 0. The highest BCUT2D eigenvalue weighted by Gasteiger charge is 2.37. The zero-order chi connectivity index (χ0) is 11.7. The fourth-order valence-corrected chi connectivity index (χ4v) is 3.20. The third-order valence-corrected chi connectivity index (χ3v) is 4.01. The Kier molecular flexibility index (Phi) is 2.93. The van der Waals surface area contributed by atoms with E-state index in [1.54, 1.807) is 0 Å². The first-order chi connectivity index (χ1) is 8.33. The molecule has 0 radical (unpaired) electrons. The second kappa shape index (κ2) is 4.57. The van der Waals surface area contributed by atoms with E-state index in [0.717, 1.165) is 25.1 Å². The van der Waals surface area contributed by atoms with Crippen molar-refractivity contribution in [2.75, 3.05) is 0 Å². The molecule has 1 aromatic rings. The van der Waals surface area contributed by atoms with E-state index in [2.05, 4.69) is 16.0 Å². The third kappa shape index (κ3) is 2.25. The van der Waals surface area contributed by atoms with Gasteiger partial charge in [-0.1, -0.05) is 12.5 Å². The number of hydrogen-bond donors (Lipinski definition) is 0. The van der Waals surface area contributed by atoms with Crippen molar-refractivity contribution in [3.63, 3.8) is 0 Å². The van der Waals surface area contributed by atoms with E-state index in [0.29, 0.717) is 17.9 Å². The molecule has 2 unspecified atom stereocenters. The predicted octanol–water partition coefficient (Wildman–Crippen LogP) is 2.17. The maximum Gasteiger partial charge on any atom is 0.136 e. The molecule has 2 aliphatic heterocycles. The molecule has 0 aliphatic carbocycles. The minimum Gasteiger partial charge on any atom is -0.300 e. The van der Waals surface area contributed by atoms with Crippen LogP contribution >= 0.6 is 0 Å². The minimum atomic E-state index is 0.456. The summed E-state index contributed by atoms with van der Waals surface area (Å²) in [7, 11) is 0. The van der Waals surface area contributed by atoms with Crippen molar-refractivity contribution in [1.82, 2.24) is 9.88 Å². The van der Waals surface area contributed by atoms with Crippen LogP contribution in [0, 0.1) is 0 Å². The SMILES string of the molecule is O=C1CC2CCCC(C1)N2Cc1ccccn1. The third-order valence-electron chi connectivity index (χ3n) is 4.01. The number of carbonyl (C=O) groups is 1. The van der Waals surface area contributed by atoms with E-state index < -0.39 is 0 Å². The number of piperidine rings is 2. The Morgan fingerprint density at radius 1 is 1.24 bits per heavy atom. The minimum absolute atomic E-state index is 0.456. The van der Waals surface area contributed by atoms with Gasteiger partial charge in [0, 0.05) is 37.7 Å². The van der Waals surface area contributed by atoms with Gasteiger partial charge in [-0.25, -0.2) is 0 Å². The van der Waals surface area contributed by atoms with Crippen molar-refractivity contribution in [1.29, 1.82) is 0 Å². The molecule has 3 nitrogen and oxygen atoms in total. The molecule has 0 N–H and O–H groups in total. The monoisotopic (exact) mass is 230 g/mol. The van der Waals surface area contributed by atoms with Crippen LogP contribution in [0.3, 0.4) is 0 Å². The molecule has 3 heterocycles. The fourth-order valence-electron chi connectivity index (χ4n) is 3.20. The van der Waals surface area contributed by atoms with Crippen molar-refractivity contribution in [3.05, 3.63) is 30.1 Å². The van der Waals surface area contributed by atoms with Gasteiger partial charge in [-0.3, -0.25) is 14.7 Å². The van der Waals surface area contributed by atoms with E-state index >= 15 is 0 Å². The molecule has 0 aromatic carbocycles. The van der Waals surface area contributed by atoms with E-state index in [1.165, 1.54) is 19.3 Å². The van der Waals surface area contributed by atoms with Crippen LogP contribution in [0.25, 0.3) is 0 Å². The van der Waals surface area contributed by atoms with Gasteiger partial charge in [0.2, 0.25) is 0 Å². The molecule has 3 rings (SSSR count). The van der Waals surface area contributed by atoms with Crippen molar-refractivity contribution < 1.29 is 4.79 Å². The molecule has 0 spiro atoms. The zero-order valence-corrected chi connectivity index (χ0v) is 10.0. The van der Waals surface area contributed by atoms with Gasteiger partial charge < -0.3 is 0 Å². The fraction of sp³-hybridized carbons (Fsp3) is 0.571. The van der Waals surface area contributed by atoms with Crippen LogP contribution in [-0.2, 0) is 11.3 Å². The maximum absolute atomic E-state index is 11.6. The molecule has 0 saturated carbocycles. The Bertz CT molecular complexity index is 388. The molecule has 2 atom stereocenters. The number of aromatic nitrogens is 1. The summed E-state index contributed by atoms with van der Waals surface area (Å²) < 4.78 is 0. The number of hydrogen-bond acceptors (Lipinski definition) is 3. The van der Waals surface area contributed by atoms with Crippen molar-refractivity contribution in [2.24, 2.45) is 0 Å². The van der Waals surface area contributed by atoms with Crippen LogP contribution in [0.2, 0.25) is 0 Å². The molecule has 90 valence electrons. The van der Waals surface area contributed by atoms with Crippen LogP contribution in [0.5, 0.6) is 0 Å². The number of carbonyl (C=O) groups excluding carboxylic acids is 1. The number of Topliss-reactive ketones (excluding diaryl/α,β-unsaturated/α-hetero) is 1. The second-order valence-corrected chi connectivity index (χ2v) is 5.18. The maximum atomic E-state index is 11.6. The molecule has 1 aromatic heterocycles. The lowest BCUT2D eigenvalue weighted by molar-refractivity contribution is -0.127. The molecular weight excluding hydrogens is 212 g/mol. The molecule has 2 bridgehead atoms. The van der Waals surface area contributed by atoms with Gasteiger partial charge >= 0.3 is 0 Å². The second-order valence-electron chi connectivity index (χ2n) is 5.18. The Hall–Kier alpha value is -1.22.